The summed E-state index contributed by atoms with van der Waals surface area (Å²) in [5.74, 6) is -3.60. The molecule has 0 fully saturated rings. The first-order valence-corrected chi connectivity index (χ1v) is 8.79. The SMILES string of the molecule is CC(=O)OC(C)OC(C)=O.CC(=O)OC(C)OC(C)=O.O=C(O)CCCCC(=O)O. The van der Waals surface area contributed by atoms with E-state index in [0.29, 0.717) is 12.8 Å². The van der Waals surface area contributed by atoms with Crippen LogP contribution < -0.4 is 0 Å². The number of ether oxygens (including phenoxy) is 4. The lowest BCUT2D eigenvalue weighted by Gasteiger charge is -2.10. The van der Waals surface area contributed by atoms with E-state index < -0.39 is 48.4 Å². The third kappa shape index (κ3) is 35.8. The van der Waals surface area contributed by atoms with Crippen molar-refractivity contribution >= 4 is 35.8 Å². The predicted molar refractivity (Wildman–Crippen MR) is 99.7 cm³/mol. The molecule has 0 aromatic carbocycles. The summed E-state index contributed by atoms with van der Waals surface area (Å²) in [6, 6.07) is 0. The number of carbonyl (C=O) groups is 6. The van der Waals surface area contributed by atoms with E-state index in [9.17, 15) is 28.8 Å². The van der Waals surface area contributed by atoms with Crippen molar-refractivity contribution in [1.82, 2.24) is 0 Å². The van der Waals surface area contributed by atoms with Crippen LogP contribution >= 0.6 is 0 Å². The second kappa shape index (κ2) is 19.2. The van der Waals surface area contributed by atoms with Gasteiger partial charge in [0.1, 0.15) is 0 Å². The van der Waals surface area contributed by atoms with Crippen LogP contribution in [-0.2, 0) is 47.7 Å². The Morgan fingerprint density at radius 3 is 0.900 bits per heavy atom. The number of esters is 4. The molecule has 0 atom stereocenters. The van der Waals surface area contributed by atoms with Gasteiger partial charge < -0.3 is 29.2 Å². The Balaban J connectivity index is -0.000000364. The molecule has 0 aliphatic heterocycles. The van der Waals surface area contributed by atoms with Crippen molar-refractivity contribution in [3.63, 3.8) is 0 Å². The van der Waals surface area contributed by atoms with E-state index >= 15 is 0 Å². The third-order valence-corrected chi connectivity index (χ3v) is 2.36. The maximum atomic E-state index is 10.2. The fourth-order valence-electron chi connectivity index (χ4n) is 1.54. The second-order valence-electron chi connectivity index (χ2n) is 5.57. The highest BCUT2D eigenvalue weighted by atomic mass is 16.7. The van der Waals surface area contributed by atoms with Crippen LogP contribution in [0, 0.1) is 0 Å². The molecule has 30 heavy (non-hydrogen) atoms. The summed E-state index contributed by atoms with van der Waals surface area (Å²) < 4.78 is 17.9. The van der Waals surface area contributed by atoms with Crippen LogP contribution in [0.2, 0.25) is 0 Å². The van der Waals surface area contributed by atoms with Gasteiger partial charge in [0.05, 0.1) is 0 Å². The van der Waals surface area contributed by atoms with E-state index in [-0.39, 0.29) is 12.8 Å². The molecule has 0 saturated heterocycles. The van der Waals surface area contributed by atoms with Crippen molar-refractivity contribution in [3.05, 3.63) is 0 Å². The molecule has 0 spiro atoms. The topological polar surface area (TPSA) is 180 Å². The molecular formula is C18H30O12. The third-order valence-electron chi connectivity index (χ3n) is 2.36. The van der Waals surface area contributed by atoms with Crippen LogP contribution in [0.3, 0.4) is 0 Å². The van der Waals surface area contributed by atoms with Gasteiger partial charge in [-0.25, -0.2) is 0 Å². The minimum atomic E-state index is -0.870. The van der Waals surface area contributed by atoms with Gasteiger partial charge >= 0.3 is 35.8 Å². The van der Waals surface area contributed by atoms with Gasteiger partial charge in [-0.1, -0.05) is 0 Å². The molecule has 174 valence electrons. The van der Waals surface area contributed by atoms with Crippen molar-refractivity contribution in [2.24, 2.45) is 0 Å². The maximum Gasteiger partial charge on any atom is 0.305 e. The van der Waals surface area contributed by atoms with E-state index in [1.807, 2.05) is 0 Å². The number of hydrogen-bond donors (Lipinski definition) is 2. The molecule has 0 bridgehead atoms. The van der Waals surface area contributed by atoms with E-state index in [1.54, 1.807) is 0 Å². The minimum Gasteiger partial charge on any atom is -0.481 e. The summed E-state index contributed by atoms with van der Waals surface area (Å²) in [4.78, 5) is 60.7. The Bertz CT molecular complexity index is 488. The first-order valence-electron chi connectivity index (χ1n) is 8.79. The largest absolute Gasteiger partial charge is 0.481 e. The fourth-order valence-corrected chi connectivity index (χ4v) is 1.54. The van der Waals surface area contributed by atoms with Crippen LogP contribution in [0.4, 0.5) is 0 Å². The highest BCUT2D eigenvalue weighted by molar-refractivity contribution is 5.69. The van der Waals surface area contributed by atoms with Gasteiger partial charge in [-0.15, -0.1) is 0 Å². The zero-order valence-corrected chi connectivity index (χ0v) is 18.0. The molecule has 12 nitrogen and oxygen atoms in total. The van der Waals surface area contributed by atoms with E-state index in [4.69, 9.17) is 10.2 Å². The molecule has 2 N–H and O–H groups in total. The lowest BCUT2D eigenvalue weighted by molar-refractivity contribution is -0.183. The van der Waals surface area contributed by atoms with E-state index in [0.717, 1.165) is 0 Å². The number of carbonyl (C=O) groups excluding carboxylic acids is 4. The summed E-state index contributed by atoms with van der Waals surface area (Å²) in [7, 11) is 0. The van der Waals surface area contributed by atoms with Crippen molar-refractivity contribution in [2.45, 2.75) is 79.8 Å². The second-order valence-corrected chi connectivity index (χ2v) is 5.57. The lowest BCUT2D eigenvalue weighted by Crippen LogP contribution is -2.18. The van der Waals surface area contributed by atoms with Crippen molar-refractivity contribution in [2.75, 3.05) is 0 Å². The summed E-state index contributed by atoms with van der Waals surface area (Å²) >= 11 is 0. The molecule has 12 heteroatoms. The number of carboxylic acids is 2. The van der Waals surface area contributed by atoms with Crippen LogP contribution in [0.25, 0.3) is 0 Å². The summed E-state index contributed by atoms with van der Waals surface area (Å²) in [5, 5.41) is 16.3. The molecule has 0 amide bonds. The van der Waals surface area contributed by atoms with Crippen molar-refractivity contribution in [1.29, 1.82) is 0 Å². The molecule has 0 aromatic rings. The van der Waals surface area contributed by atoms with Gasteiger partial charge in [0.2, 0.25) is 12.6 Å². The van der Waals surface area contributed by atoms with Gasteiger partial charge in [-0.3, -0.25) is 28.8 Å². The van der Waals surface area contributed by atoms with Crippen LogP contribution in [0.15, 0.2) is 0 Å². The van der Waals surface area contributed by atoms with Gasteiger partial charge in [-0.05, 0) is 12.8 Å². The molecule has 0 aromatic heterocycles. The normalized spacial score (nSPS) is 9.20. The Hall–Kier alpha value is -3.18. The van der Waals surface area contributed by atoms with Gasteiger partial charge in [0, 0.05) is 54.4 Å². The molecule has 0 saturated carbocycles. The Morgan fingerprint density at radius 1 is 0.567 bits per heavy atom. The zero-order chi connectivity index (χ0) is 24.3. The first kappa shape index (κ1) is 31.5. The standard InChI is InChI=1S/3C6H10O4/c2*1-4(7)9-6(3)10-5(2)8;7-5(8)3-1-2-4-6(9)10/h2*6H,1-3H3;1-4H2,(H,7,8)(H,9,10). The Labute approximate surface area is 174 Å². The van der Waals surface area contributed by atoms with Crippen molar-refractivity contribution < 1.29 is 57.9 Å². The zero-order valence-electron chi connectivity index (χ0n) is 18.0. The predicted octanol–water partition coefficient (Wildman–Crippen LogP) is 1.63. The number of rotatable bonds is 9. The van der Waals surface area contributed by atoms with Gasteiger partial charge in [-0.2, -0.15) is 0 Å². The summed E-state index contributed by atoms with van der Waals surface area (Å²) in [6.07, 6.45) is -0.547. The number of carboxylic acid groups (broad SMARTS) is 2. The number of aliphatic carboxylic acids is 2. The quantitative estimate of drug-likeness (QED) is 0.302. The highest BCUT2D eigenvalue weighted by Gasteiger charge is 2.07. The average Bonchev–Trinajstić information content (AvgIpc) is 2.49. The summed E-state index contributed by atoms with van der Waals surface area (Å²) in [5.41, 5.74) is 0. The molecular weight excluding hydrogens is 408 g/mol. The lowest BCUT2D eigenvalue weighted by atomic mass is 10.2. The fraction of sp³-hybridized carbons (Fsp3) is 0.667. The molecule has 0 unspecified atom stereocenters. The van der Waals surface area contributed by atoms with E-state index in [2.05, 4.69) is 18.9 Å². The number of hydrogen-bond acceptors (Lipinski definition) is 10. The average molecular weight is 438 g/mol. The Morgan fingerprint density at radius 2 is 0.767 bits per heavy atom. The Kier molecular flexibility index (Phi) is 20.1. The first-order chi connectivity index (χ1) is 13.7. The summed E-state index contributed by atoms with van der Waals surface area (Å²) in [6.45, 7) is 7.95. The molecule has 0 heterocycles. The minimum absolute atomic E-state index is 0.0628. The van der Waals surface area contributed by atoms with Crippen LogP contribution in [0.1, 0.15) is 67.2 Å². The van der Waals surface area contributed by atoms with Crippen molar-refractivity contribution in [3.8, 4) is 0 Å². The smallest absolute Gasteiger partial charge is 0.305 e. The van der Waals surface area contributed by atoms with Crippen LogP contribution in [-0.4, -0.2) is 58.6 Å². The molecule has 0 aliphatic carbocycles. The maximum absolute atomic E-state index is 10.2. The van der Waals surface area contributed by atoms with Gasteiger partial charge in [0.25, 0.3) is 0 Å². The van der Waals surface area contributed by atoms with E-state index in [1.165, 1.54) is 41.5 Å². The van der Waals surface area contributed by atoms with Gasteiger partial charge in [0.15, 0.2) is 0 Å². The molecule has 0 radical (unpaired) electrons. The number of unbranched alkanes of at least 4 members (excludes halogenated alkanes) is 1. The highest BCUT2D eigenvalue weighted by Crippen LogP contribution is 1.98. The monoisotopic (exact) mass is 438 g/mol. The molecule has 0 rings (SSSR count). The molecule has 0 aliphatic rings. The van der Waals surface area contributed by atoms with Crippen LogP contribution in [0.5, 0.6) is 0 Å².